The molecule has 1 N–H and O–H groups in total. The number of hydrogen-bond acceptors (Lipinski definition) is 3. The summed E-state index contributed by atoms with van der Waals surface area (Å²) < 4.78 is 0. The van der Waals surface area contributed by atoms with Gasteiger partial charge in [-0.15, -0.1) is 0 Å². The lowest BCUT2D eigenvalue weighted by molar-refractivity contribution is 1.09. The Balaban J connectivity index is 1.84. The zero-order chi connectivity index (χ0) is 11.5. The van der Waals surface area contributed by atoms with E-state index in [9.17, 15) is 0 Å². The number of benzene rings is 1. The Hall–Kier alpha value is -1.81. The number of H-pyrrole nitrogens is 1. The first-order valence-electron chi connectivity index (χ1n) is 5.38. The van der Waals surface area contributed by atoms with Crippen LogP contribution in [0.25, 0.3) is 11.0 Å². The number of aromatic amines is 1. The van der Waals surface area contributed by atoms with Gasteiger partial charge >= 0.3 is 0 Å². The van der Waals surface area contributed by atoms with Crippen molar-refractivity contribution in [2.45, 2.75) is 10.8 Å². The predicted octanol–water partition coefficient (Wildman–Crippen LogP) is 3.25. The normalized spacial score (nSPS) is 10.8. The van der Waals surface area contributed by atoms with Crippen LogP contribution in [0.1, 0.15) is 5.56 Å². The monoisotopic (exact) mass is 241 g/mol. The lowest BCUT2D eigenvalue weighted by Crippen LogP contribution is -1.86. The van der Waals surface area contributed by atoms with Crippen molar-refractivity contribution in [1.29, 1.82) is 0 Å². The predicted molar refractivity (Wildman–Crippen MR) is 69.9 cm³/mol. The Labute approximate surface area is 103 Å². The molecule has 0 amide bonds. The highest BCUT2D eigenvalue weighted by atomic mass is 32.2. The van der Waals surface area contributed by atoms with Gasteiger partial charge in [0.15, 0.2) is 0 Å². The third-order valence-corrected chi connectivity index (χ3v) is 3.59. The molecule has 3 nitrogen and oxygen atoms in total. The highest BCUT2D eigenvalue weighted by molar-refractivity contribution is 7.98. The summed E-state index contributed by atoms with van der Waals surface area (Å²) in [4.78, 5) is 11.7. The van der Waals surface area contributed by atoms with Crippen LogP contribution in [0, 0.1) is 0 Å². The lowest BCUT2D eigenvalue weighted by Gasteiger charge is -2.02. The number of nitrogens with zero attached hydrogens (tertiary/aromatic N) is 2. The molecule has 0 fully saturated rings. The lowest BCUT2D eigenvalue weighted by atomic mass is 10.2. The molecule has 1 aromatic carbocycles. The standard InChI is InChI=1S/C13H11N3S/c1-2-4-10(5-3-1)8-17-13-12-11(6-7-14-12)15-9-16-13/h1-7,9,14H,8H2. The molecule has 0 aliphatic heterocycles. The minimum absolute atomic E-state index is 0.923. The Morgan fingerprint density at radius 1 is 1.06 bits per heavy atom. The molecule has 17 heavy (non-hydrogen) atoms. The number of rotatable bonds is 3. The summed E-state index contributed by atoms with van der Waals surface area (Å²) in [6.45, 7) is 0. The number of aromatic nitrogens is 3. The van der Waals surface area contributed by atoms with E-state index in [0.29, 0.717) is 0 Å². The Morgan fingerprint density at radius 2 is 1.94 bits per heavy atom. The van der Waals surface area contributed by atoms with E-state index in [1.54, 1.807) is 18.1 Å². The molecule has 0 atom stereocenters. The van der Waals surface area contributed by atoms with E-state index in [1.807, 2.05) is 18.3 Å². The minimum atomic E-state index is 0.923. The first-order valence-corrected chi connectivity index (χ1v) is 6.37. The zero-order valence-corrected chi connectivity index (χ0v) is 9.95. The van der Waals surface area contributed by atoms with Crippen molar-refractivity contribution in [2.24, 2.45) is 0 Å². The first kappa shape index (κ1) is 10.4. The molecule has 2 heterocycles. The quantitative estimate of drug-likeness (QED) is 0.565. The van der Waals surface area contributed by atoms with Crippen LogP contribution >= 0.6 is 11.8 Å². The van der Waals surface area contributed by atoms with Gasteiger partial charge in [-0.3, -0.25) is 0 Å². The van der Waals surface area contributed by atoms with Crippen molar-refractivity contribution in [3.63, 3.8) is 0 Å². The van der Waals surface area contributed by atoms with Gasteiger partial charge in [-0.2, -0.15) is 0 Å². The van der Waals surface area contributed by atoms with E-state index in [-0.39, 0.29) is 0 Å². The molecule has 84 valence electrons. The van der Waals surface area contributed by atoms with Crippen LogP contribution in [0.2, 0.25) is 0 Å². The zero-order valence-electron chi connectivity index (χ0n) is 9.13. The molecule has 0 aliphatic carbocycles. The van der Waals surface area contributed by atoms with E-state index in [2.05, 4.69) is 39.2 Å². The Kier molecular flexibility index (Phi) is 2.80. The number of fused-ring (bicyclic) bond motifs is 1. The van der Waals surface area contributed by atoms with Crippen LogP contribution in [-0.4, -0.2) is 15.0 Å². The Bertz CT molecular complexity index is 619. The molecule has 0 spiro atoms. The number of hydrogen-bond donors (Lipinski definition) is 1. The van der Waals surface area contributed by atoms with Gasteiger partial charge in [0.25, 0.3) is 0 Å². The third kappa shape index (κ3) is 2.17. The van der Waals surface area contributed by atoms with Gasteiger partial charge in [0.05, 0.1) is 11.0 Å². The number of nitrogens with one attached hydrogen (secondary N) is 1. The topological polar surface area (TPSA) is 41.6 Å². The summed E-state index contributed by atoms with van der Waals surface area (Å²) >= 11 is 1.73. The van der Waals surface area contributed by atoms with Gasteiger partial charge in [0, 0.05) is 11.9 Å². The van der Waals surface area contributed by atoms with Crippen molar-refractivity contribution in [2.75, 3.05) is 0 Å². The first-order chi connectivity index (χ1) is 8.43. The molecule has 3 rings (SSSR count). The molecule has 2 aromatic heterocycles. The maximum Gasteiger partial charge on any atom is 0.124 e. The van der Waals surface area contributed by atoms with Crippen molar-refractivity contribution in [3.8, 4) is 0 Å². The fourth-order valence-corrected chi connectivity index (χ4v) is 2.61. The molecular weight excluding hydrogens is 230 g/mol. The van der Waals surface area contributed by atoms with E-state index >= 15 is 0 Å². The molecule has 0 aliphatic rings. The highest BCUT2D eigenvalue weighted by Gasteiger charge is 2.04. The van der Waals surface area contributed by atoms with Crippen LogP contribution in [0.5, 0.6) is 0 Å². The molecule has 4 heteroatoms. The fraction of sp³-hybridized carbons (Fsp3) is 0.0769. The molecule has 0 radical (unpaired) electrons. The largest absolute Gasteiger partial charge is 0.358 e. The van der Waals surface area contributed by atoms with Crippen molar-refractivity contribution in [1.82, 2.24) is 15.0 Å². The average Bonchev–Trinajstić information content (AvgIpc) is 2.86. The van der Waals surface area contributed by atoms with Gasteiger partial charge in [-0.05, 0) is 11.6 Å². The maximum absolute atomic E-state index is 4.31. The van der Waals surface area contributed by atoms with Crippen molar-refractivity contribution >= 4 is 22.8 Å². The van der Waals surface area contributed by atoms with Gasteiger partial charge in [0.1, 0.15) is 11.4 Å². The molecular formula is C13H11N3S. The average molecular weight is 241 g/mol. The van der Waals surface area contributed by atoms with Gasteiger partial charge in [0.2, 0.25) is 0 Å². The third-order valence-electron chi connectivity index (χ3n) is 2.53. The fourth-order valence-electron chi connectivity index (χ4n) is 1.68. The van der Waals surface area contributed by atoms with Crippen LogP contribution < -0.4 is 0 Å². The van der Waals surface area contributed by atoms with E-state index in [4.69, 9.17) is 0 Å². The minimum Gasteiger partial charge on any atom is -0.358 e. The van der Waals surface area contributed by atoms with Gasteiger partial charge in [-0.1, -0.05) is 42.1 Å². The van der Waals surface area contributed by atoms with E-state index in [0.717, 1.165) is 21.8 Å². The molecule has 3 aromatic rings. The summed E-state index contributed by atoms with van der Waals surface area (Å²) in [7, 11) is 0. The van der Waals surface area contributed by atoms with Gasteiger partial charge < -0.3 is 4.98 Å². The van der Waals surface area contributed by atoms with Crippen LogP contribution in [0.4, 0.5) is 0 Å². The maximum atomic E-state index is 4.31. The summed E-state index contributed by atoms with van der Waals surface area (Å²) in [6.07, 6.45) is 3.51. The second-order valence-electron chi connectivity index (χ2n) is 3.69. The highest BCUT2D eigenvalue weighted by Crippen LogP contribution is 2.25. The van der Waals surface area contributed by atoms with Crippen LogP contribution in [0.3, 0.4) is 0 Å². The summed E-state index contributed by atoms with van der Waals surface area (Å²) in [5.74, 6) is 0.923. The van der Waals surface area contributed by atoms with Gasteiger partial charge in [-0.25, -0.2) is 9.97 Å². The summed E-state index contributed by atoms with van der Waals surface area (Å²) in [6, 6.07) is 12.4. The van der Waals surface area contributed by atoms with Crippen LogP contribution in [0.15, 0.2) is 53.9 Å². The number of thioether (sulfide) groups is 1. The second kappa shape index (κ2) is 4.59. The van der Waals surface area contributed by atoms with E-state index < -0.39 is 0 Å². The SMILES string of the molecule is c1ccc(CSc2ncnc3cc[nH]c23)cc1. The summed E-state index contributed by atoms with van der Waals surface area (Å²) in [5.41, 5.74) is 3.29. The van der Waals surface area contributed by atoms with E-state index in [1.165, 1.54) is 5.56 Å². The molecule has 0 unspecified atom stereocenters. The Morgan fingerprint density at radius 3 is 2.82 bits per heavy atom. The summed E-state index contributed by atoms with van der Waals surface area (Å²) in [5, 5.41) is 1.00. The smallest absolute Gasteiger partial charge is 0.124 e. The van der Waals surface area contributed by atoms with Crippen molar-refractivity contribution in [3.05, 3.63) is 54.5 Å². The molecule has 0 saturated carbocycles. The molecule has 0 saturated heterocycles. The van der Waals surface area contributed by atoms with Crippen molar-refractivity contribution < 1.29 is 0 Å². The van der Waals surface area contributed by atoms with Crippen LogP contribution in [-0.2, 0) is 5.75 Å². The second-order valence-corrected chi connectivity index (χ2v) is 4.66. The molecule has 0 bridgehead atoms.